The molecule has 0 saturated heterocycles. The first-order valence-corrected chi connectivity index (χ1v) is 8.13. The van der Waals surface area contributed by atoms with E-state index in [-0.39, 0.29) is 0 Å². The largest absolute Gasteiger partial charge is 0.237 e. The highest BCUT2D eigenvalue weighted by atomic mass is 32.2. The van der Waals surface area contributed by atoms with E-state index in [4.69, 9.17) is 0 Å². The Bertz CT molecular complexity index is 621. The summed E-state index contributed by atoms with van der Waals surface area (Å²) < 4.78 is 15.8. The third-order valence-corrected chi connectivity index (χ3v) is 4.85. The Labute approximate surface area is 129 Å². The molecule has 0 aliphatic carbocycles. The van der Waals surface area contributed by atoms with Crippen LogP contribution in [0.2, 0.25) is 0 Å². The standard InChI is InChI=1S/C18H21NOS/c1-4-14-18(3,16-8-6-5-7-9-16)19-21(20)17-12-10-15(2)11-13-17/h4-13,19H,1,14H2,2-3H3/t18-,21+/m1/s1. The molecule has 110 valence electrons. The Balaban J connectivity index is 2.25. The lowest BCUT2D eigenvalue weighted by atomic mass is 9.90. The lowest BCUT2D eigenvalue weighted by Gasteiger charge is -2.29. The molecule has 0 fully saturated rings. The Morgan fingerprint density at radius 2 is 1.76 bits per heavy atom. The van der Waals surface area contributed by atoms with Crippen LogP contribution in [0.1, 0.15) is 24.5 Å². The summed E-state index contributed by atoms with van der Waals surface area (Å²) in [6, 6.07) is 17.8. The van der Waals surface area contributed by atoms with Crippen molar-refractivity contribution in [3.63, 3.8) is 0 Å². The summed E-state index contributed by atoms with van der Waals surface area (Å²) >= 11 is 0. The van der Waals surface area contributed by atoms with Gasteiger partial charge >= 0.3 is 0 Å². The van der Waals surface area contributed by atoms with Crippen LogP contribution in [0, 0.1) is 6.92 Å². The molecule has 0 spiro atoms. The van der Waals surface area contributed by atoms with E-state index in [2.05, 4.69) is 18.2 Å². The molecule has 0 unspecified atom stereocenters. The molecule has 21 heavy (non-hydrogen) atoms. The van der Waals surface area contributed by atoms with Crippen LogP contribution in [0.15, 0.2) is 72.1 Å². The molecule has 0 aromatic heterocycles. The molecule has 0 saturated carbocycles. The van der Waals surface area contributed by atoms with E-state index in [1.54, 1.807) is 0 Å². The summed E-state index contributed by atoms with van der Waals surface area (Å²) in [4.78, 5) is 0.784. The number of hydrogen-bond acceptors (Lipinski definition) is 1. The van der Waals surface area contributed by atoms with Gasteiger partial charge in [-0.2, -0.15) is 0 Å². The molecule has 0 heterocycles. The predicted molar refractivity (Wildman–Crippen MR) is 89.3 cm³/mol. The molecule has 2 aromatic carbocycles. The first kappa shape index (κ1) is 15.7. The van der Waals surface area contributed by atoms with Crippen molar-refractivity contribution in [1.29, 1.82) is 0 Å². The minimum Gasteiger partial charge on any atom is -0.237 e. The van der Waals surface area contributed by atoms with Gasteiger partial charge in [0.15, 0.2) is 0 Å². The SMILES string of the molecule is C=CC[C@@](C)(N[S@@](=O)c1ccc(C)cc1)c1ccccc1. The van der Waals surface area contributed by atoms with E-state index in [9.17, 15) is 4.21 Å². The van der Waals surface area contributed by atoms with Gasteiger partial charge in [0.2, 0.25) is 0 Å². The summed E-state index contributed by atoms with van der Waals surface area (Å²) in [5, 5.41) is 0. The van der Waals surface area contributed by atoms with E-state index < -0.39 is 16.5 Å². The summed E-state index contributed by atoms with van der Waals surface area (Å²) in [5.74, 6) is 0. The van der Waals surface area contributed by atoms with Gasteiger partial charge in [-0.1, -0.05) is 54.1 Å². The maximum Gasteiger partial charge on any atom is 0.125 e. The first-order valence-electron chi connectivity index (χ1n) is 6.98. The molecule has 2 nitrogen and oxygen atoms in total. The highest BCUT2D eigenvalue weighted by Gasteiger charge is 2.27. The van der Waals surface area contributed by atoms with Crippen LogP contribution < -0.4 is 4.72 Å². The zero-order chi connectivity index (χ0) is 15.3. The fourth-order valence-corrected chi connectivity index (χ4v) is 3.35. The molecule has 0 bridgehead atoms. The zero-order valence-electron chi connectivity index (χ0n) is 12.5. The number of aryl methyl sites for hydroxylation is 1. The quantitative estimate of drug-likeness (QED) is 0.799. The second-order valence-corrected chi connectivity index (χ2v) is 6.59. The van der Waals surface area contributed by atoms with Crippen molar-refractivity contribution in [3.05, 3.63) is 78.4 Å². The first-order chi connectivity index (χ1) is 10.0. The van der Waals surface area contributed by atoms with Crippen molar-refractivity contribution in [2.45, 2.75) is 30.7 Å². The molecule has 1 N–H and O–H groups in total. The van der Waals surface area contributed by atoms with Crippen LogP contribution >= 0.6 is 0 Å². The molecule has 2 aromatic rings. The van der Waals surface area contributed by atoms with Gasteiger partial charge < -0.3 is 0 Å². The highest BCUT2D eigenvalue weighted by molar-refractivity contribution is 7.83. The number of nitrogens with one attached hydrogen (secondary N) is 1. The van der Waals surface area contributed by atoms with Gasteiger partial charge in [0.1, 0.15) is 11.0 Å². The number of rotatable bonds is 6. The van der Waals surface area contributed by atoms with Gasteiger partial charge in [-0.25, -0.2) is 8.93 Å². The second kappa shape index (κ2) is 6.83. The molecule has 2 rings (SSSR count). The Morgan fingerprint density at radius 1 is 1.14 bits per heavy atom. The predicted octanol–water partition coefficient (Wildman–Crippen LogP) is 4.10. The van der Waals surface area contributed by atoms with Gasteiger partial charge in [-0.15, -0.1) is 6.58 Å². The van der Waals surface area contributed by atoms with Crippen molar-refractivity contribution < 1.29 is 4.21 Å². The van der Waals surface area contributed by atoms with Gasteiger partial charge in [0.25, 0.3) is 0 Å². The minimum atomic E-state index is -1.26. The summed E-state index contributed by atoms with van der Waals surface area (Å²) in [5.41, 5.74) is 1.86. The smallest absolute Gasteiger partial charge is 0.125 e. The lowest BCUT2D eigenvalue weighted by Crippen LogP contribution is -2.40. The Morgan fingerprint density at radius 3 is 2.33 bits per heavy atom. The maximum absolute atomic E-state index is 12.6. The molecule has 0 radical (unpaired) electrons. The van der Waals surface area contributed by atoms with Crippen LogP contribution in [0.4, 0.5) is 0 Å². The molecule has 0 amide bonds. The van der Waals surface area contributed by atoms with Crippen LogP contribution in [-0.2, 0) is 16.5 Å². The number of benzene rings is 2. The molecular weight excluding hydrogens is 278 g/mol. The molecular formula is C18H21NOS. The third kappa shape index (κ3) is 3.90. The summed E-state index contributed by atoms with van der Waals surface area (Å²) in [7, 11) is -1.26. The Kier molecular flexibility index (Phi) is 5.10. The van der Waals surface area contributed by atoms with Crippen molar-refractivity contribution in [2.75, 3.05) is 0 Å². The van der Waals surface area contributed by atoms with Crippen molar-refractivity contribution in [1.82, 2.24) is 4.72 Å². The van der Waals surface area contributed by atoms with E-state index in [0.717, 1.165) is 16.0 Å². The fraction of sp³-hybridized carbons (Fsp3) is 0.222. The normalized spacial score (nSPS) is 15.1. The average molecular weight is 299 g/mol. The fourth-order valence-electron chi connectivity index (χ4n) is 2.24. The molecule has 0 aliphatic rings. The minimum absolute atomic E-state index is 0.404. The van der Waals surface area contributed by atoms with Gasteiger partial charge in [-0.3, -0.25) is 0 Å². The molecule has 3 heteroatoms. The number of hydrogen-bond donors (Lipinski definition) is 1. The van der Waals surface area contributed by atoms with E-state index >= 15 is 0 Å². The van der Waals surface area contributed by atoms with E-state index in [0.29, 0.717) is 6.42 Å². The summed E-state index contributed by atoms with van der Waals surface area (Å²) in [6.45, 7) is 7.90. The zero-order valence-corrected chi connectivity index (χ0v) is 13.3. The molecule has 0 aliphatic heterocycles. The van der Waals surface area contributed by atoms with Crippen LogP contribution in [0.3, 0.4) is 0 Å². The average Bonchev–Trinajstić information content (AvgIpc) is 2.49. The molecule has 2 atom stereocenters. The van der Waals surface area contributed by atoms with Crippen molar-refractivity contribution in [3.8, 4) is 0 Å². The van der Waals surface area contributed by atoms with Crippen LogP contribution in [0.5, 0.6) is 0 Å². The van der Waals surface area contributed by atoms with Crippen LogP contribution in [-0.4, -0.2) is 4.21 Å². The second-order valence-electron chi connectivity index (χ2n) is 5.37. The lowest BCUT2D eigenvalue weighted by molar-refractivity contribution is 0.452. The van der Waals surface area contributed by atoms with Crippen LogP contribution in [0.25, 0.3) is 0 Å². The van der Waals surface area contributed by atoms with E-state index in [1.807, 2.05) is 67.6 Å². The maximum atomic E-state index is 12.6. The third-order valence-electron chi connectivity index (χ3n) is 3.52. The Hall–Kier alpha value is -1.71. The monoisotopic (exact) mass is 299 g/mol. The van der Waals surface area contributed by atoms with Crippen molar-refractivity contribution >= 4 is 11.0 Å². The van der Waals surface area contributed by atoms with Gasteiger partial charge in [0, 0.05) is 0 Å². The van der Waals surface area contributed by atoms with Gasteiger partial charge in [-0.05, 0) is 38.0 Å². The van der Waals surface area contributed by atoms with Gasteiger partial charge in [0.05, 0.1) is 10.4 Å². The van der Waals surface area contributed by atoms with Crippen molar-refractivity contribution in [2.24, 2.45) is 0 Å². The summed E-state index contributed by atoms with van der Waals surface area (Å²) in [6.07, 6.45) is 2.56. The highest BCUT2D eigenvalue weighted by Crippen LogP contribution is 2.26. The van der Waals surface area contributed by atoms with E-state index in [1.165, 1.54) is 0 Å². The topological polar surface area (TPSA) is 29.1 Å².